The Bertz CT molecular complexity index is 450. The smallest absolute Gasteiger partial charge is 0.321 e. The molecule has 2 amide bonds. The van der Waals surface area contributed by atoms with Crippen molar-refractivity contribution in [2.75, 3.05) is 30.4 Å². The summed E-state index contributed by atoms with van der Waals surface area (Å²) in [4.78, 5) is 14.1. The highest BCUT2D eigenvalue weighted by atomic mass is 32.2. The van der Waals surface area contributed by atoms with E-state index in [2.05, 4.69) is 18.2 Å². The summed E-state index contributed by atoms with van der Waals surface area (Å²) in [5.41, 5.74) is 1.90. The van der Waals surface area contributed by atoms with Crippen LogP contribution in [0.1, 0.15) is 18.4 Å². The van der Waals surface area contributed by atoms with Gasteiger partial charge in [-0.05, 0) is 48.5 Å². The van der Waals surface area contributed by atoms with Gasteiger partial charge in [0.25, 0.3) is 0 Å². The summed E-state index contributed by atoms with van der Waals surface area (Å²) in [7, 11) is 0. The van der Waals surface area contributed by atoms with Gasteiger partial charge in [-0.25, -0.2) is 4.79 Å². The monoisotopic (exact) mass is 290 g/mol. The van der Waals surface area contributed by atoms with Crippen LogP contribution in [0.2, 0.25) is 0 Å². The highest BCUT2D eigenvalue weighted by molar-refractivity contribution is 7.98. The second kappa shape index (κ2) is 7.39. The summed E-state index contributed by atoms with van der Waals surface area (Å²) in [5.74, 6) is 1.97. The Labute approximate surface area is 125 Å². The SMILES string of the molecule is C=Cc1ccc(NC(=O)N2CCC(CSC)CC2)cc1. The van der Waals surface area contributed by atoms with Crippen molar-refractivity contribution in [3.63, 3.8) is 0 Å². The number of carbonyl (C=O) groups is 1. The van der Waals surface area contributed by atoms with Crippen LogP contribution in [0.15, 0.2) is 30.8 Å². The second-order valence-corrected chi connectivity index (χ2v) is 6.05. The molecule has 1 aliphatic rings. The van der Waals surface area contributed by atoms with Gasteiger partial charge in [-0.3, -0.25) is 0 Å². The molecule has 2 rings (SSSR count). The minimum absolute atomic E-state index is 0.0129. The van der Waals surface area contributed by atoms with Gasteiger partial charge in [-0.1, -0.05) is 24.8 Å². The summed E-state index contributed by atoms with van der Waals surface area (Å²) < 4.78 is 0. The molecular weight excluding hydrogens is 268 g/mol. The number of piperidine rings is 1. The lowest BCUT2D eigenvalue weighted by Gasteiger charge is -2.31. The Morgan fingerprint density at radius 3 is 2.60 bits per heavy atom. The van der Waals surface area contributed by atoms with E-state index in [0.29, 0.717) is 0 Å². The predicted molar refractivity (Wildman–Crippen MR) is 88.2 cm³/mol. The third-order valence-electron chi connectivity index (χ3n) is 3.70. The molecular formula is C16H22N2OS. The summed E-state index contributed by atoms with van der Waals surface area (Å²) in [6.07, 6.45) is 6.17. The number of benzene rings is 1. The van der Waals surface area contributed by atoms with E-state index in [1.54, 1.807) is 6.08 Å². The molecule has 4 heteroatoms. The maximum atomic E-state index is 12.2. The first kappa shape index (κ1) is 15.0. The van der Waals surface area contributed by atoms with E-state index in [1.165, 1.54) is 5.75 Å². The molecule has 1 heterocycles. The van der Waals surface area contributed by atoms with Crippen LogP contribution >= 0.6 is 11.8 Å². The standard InChI is InChI=1S/C16H22N2OS/c1-3-13-4-6-15(7-5-13)17-16(19)18-10-8-14(9-11-18)12-20-2/h3-7,14H,1,8-12H2,2H3,(H,17,19). The average molecular weight is 290 g/mol. The number of thioether (sulfide) groups is 1. The van der Waals surface area contributed by atoms with E-state index >= 15 is 0 Å². The first-order valence-electron chi connectivity index (χ1n) is 7.00. The zero-order valence-corrected chi connectivity index (χ0v) is 12.8. The van der Waals surface area contributed by atoms with Crippen LogP contribution in [0.4, 0.5) is 10.5 Å². The molecule has 0 bridgehead atoms. The highest BCUT2D eigenvalue weighted by Gasteiger charge is 2.22. The summed E-state index contributed by atoms with van der Waals surface area (Å²) in [5, 5.41) is 2.96. The lowest BCUT2D eigenvalue weighted by Crippen LogP contribution is -2.41. The number of anilines is 1. The topological polar surface area (TPSA) is 32.3 Å². The van der Waals surface area contributed by atoms with Crippen molar-refractivity contribution < 1.29 is 4.79 Å². The number of hydrogen-bond acceptors (Lipinski definition) is 2. The molecule has 0 atom stereocenters. The van der Waals surface area contributed by atoms with Crippen LogP contribution in [0.3, 0.4) is 0 Å². The number of likely N-dealkylation sites (tertiary alicyclic amines) is 1. The van der Waals surface area contributed by atoms with Gasteiger partial charge >= 0.3 is 6.03 Å². The maximum absolute atomic E-state index is 12.2. The Morgan fingerprint density at radius 2 is 2.05 bits per heavy atom. The van der Waals surface area contributed by atoms with E-state index in [-0.39, 0.29) is 6.03 Å². The van der Waals surface area contributed by atoms with E-state index in [9.17, 15) is 4.79 Å². The molecule has 3 nitrogen and oxygen atoms in total. The molecule has 108 valence electrons. The summed E-state index contributed by atoms with van der Waals surface area (Å²) in [6.45, 7) is 5.45. The molecule has 0 radical (unpaired) electrons. The summed E-state index contributed by atoms with van der Waals surface area (Å²) in [6, 6.07) is 7.74. The Hall–Kier alpha value is -1.42. The number of amides is 2. The lowest BCUT2D eigenvalue weighted by atomic mass is 9.99. The molecule has 1 saturated heterocycles. The number of nitrogens with one attached hydrogen (secondary N) is 1. The fourth-order valence-electron chi connectivity index (χ4n) is 2.44. The van der Waals surface area contributed by atoms with Gasteiger partial charge in [0.2, 0.25) is 0 Å². The van der Waals surface area contributed by atoms with Crippen molar-refractivity contribution in [1.29, 1.82) is 0 Å². The first-order chi connectivity index (χ1) is 9.72. The maximum Gasteiger partial charge on any atom is 0.321 e. The number of carbonyl (C=O) groups excluding carboxylic acids is 1. The minimum atomic E-state index is 0.0129. The fraction of sp³-hybridized carbons (Fsp3) is 0.438. The van der Waals surface area contributed by atoms with Crippen molar-refractivity contribution in [3.8, 4) is 0 Å². The zero-order valence-electron chi connectivity index (χ0n) is 12.0. The van der Waals surface area contributed by atoms with Gasteiger partial charge in [-0.2, -0.15) is 11.8 Å². The Morgan fingerprint density at radius 1 is 1.40 bits per heavy atom. The van der Waals surface area contributed by atoms with Gasteiger partial charge in [0.1, 0.15) is 0 Å². The minimum Gasteiger partial charge on any atom is -0.325 e. The molecule has 0 aliphatic carbocycles. The van der Waals surface area contributed by atoms with Crippen LogP contribution in [-0.4, -0.2) is 36.0 Å². The molecule has 0 spiro atoms. The number of urea groups is 1. The molecule has 0 saturated carbocycles. The molecule has 1 aliphatic heterocycles. The first-order valence-corrected chi connectivity index (χ1v) is 8.39. The Balaban J connectivity index is 1.84. The molecule has 20 heavy (non-hydrogen) atoms. The van der Waals surface area contributed by atoms with Crippen molar-refractivity contribution in [3.05, 3.63) is 36.4 Å². The fourth-order valence-corrected chi connectivity index (χ4v) is 3.25. The van der Waals surface area contributed by atoms with E-state index in [1.807, 2.05) is 40.9 Å². The largest absolute Gasteiger partial charge is 0.325 e. The van der Waals surface area contributed by atoms with E-state index < -0.39 is 0 Å². The van der Waals surface area contributed by atoms with Crippen molar-refractivity contribution >= 4 is 29.6 Å². The molecule has 1 N–H and O–H groups in total. The van der Waals surface area contributed by atoms with Crippen molar-refractivity contribution in [1.82, 2.24) is 4.90 Å². The van der Waals surface area contributed by atoms with Crippen molar-refractivity contribution in [2.45, 2.75) is 12.8 Å². The number of nitrogens with zero attached hydrogens (tertiary/aromatic N) is 1. The second-order valence-electron chi connectivity index (χ2n) is 5.14. The van der Waals surface area contributed by atoms with E-state index in [4.69, 9.17) is 0 Å². The van der Waals surface area contributed by atoms with Crippen molar-refractivity contribution in [2.24, 2.45) is 5.92 Å². The highest BCUT2D eigenvalue weighted by Crippen LogP contribution is 2.21. The van der Waals surface area contributed by atoms with Gasteiger partial charge in [0.15, 0.2) is 0 Å². The van der Waals surface area contributed by atoms with Crippen LogP contribution in [0.25, 0.3) is 6.08 Å². The third kappa shape index (κ3) is 4.04. The van der Waals surface area contributed by atoms with Gasteiger partial charge in [0, 0.05) is 18.8 Å². The number of hydrogen-bond donors (Lipinski definition) is 1. The van der Waals surface area contributed by atoms with Crippen LogP contribution in [0.5, 0.6) is 0 Å². The molecule has 0 aromatic heterocycles. The lowest BCUT2D eigenvalue weighted by molar-refractivity contribution is 0.187. The molecule has 1 aromatic rings. The molecule has 1 aromatic carbocycles. The van der Waals surface area contributed by atoms with Crippen LogP contribution < -0.4 is 5.32 Å². The zero-order chi connectivity index (χ0) is 14.4. The third-order valence-corrected chi connectivity index (χ3v) is 4.51. The van der Waals surface area contributed by atoms with Gasteiger partial charge < -0.3 is 10.2 Å². The van der Waals surface area contributed by atoms with Crippen LogP contribution in [-0.2, 0) is 0 Å². The molecule has 0 unspecified atom stereocenters. The summed E-state index contributed by atoms with van der Waals surface area (Å²) >= 11 is 1.90. The quantitative estimate of drug-likeness (QED) is 0.911. The van der Waals surface area contributed by atoms with Gasteiger partial charge in [0.05, 0.1) is 0 Å². The average Bonchev–Trinajstić information content (AvgIpc) is 2.49. The van der Waals surface area contributed by atoms with Gasteiger partial charge in [-0.15, -0.1) is 0 Å². The predicted octanol–water partition coefficient (Wildman–Crippen LogP) is 3.94. The normalized spacial score (nSPS) is 15.9. The Kier molecular flexibility index (Phi) is 5.53. The van der Waals surface area contributed by atoms with E-state index in [0.717, 1.165) is 43.1 Å². The van der Waals surface area contributed by atoms with Crippen LogP contribution in [0, 0.1) is 5.92 Å². The number of rotatable bonds is 4. The molecule has 1 fully saturated rings.